The second-order valence-corrected chi connectivity index (χ2v) is 7.57. The summed E-state index contributed by atoms with van der Waals surface area (Å²) in [5.74, 6) is -0.0488. The molecular formula is C19H20Cl3N3O. The Bertz CT molecular complexity index is 776. The van der Waals surface area contributed by atoms with Crippen molar-refractivity contribution in [1.82, 2.24) is 9.80 Å². The van der Waals surface area contributed by atoms with Crippen molar-refractivity contribution in [2.45, 2.75) is 6.54 Å². The number of amides is 1. The average Bonchev–Trinajstić information content (AvgIpc) is 2.61. The highest BCUT2D eigenvalue weighted by Gasteiger charge is 2.20. The molecule has 0 atom stereocenters. The first-order chi connectivity index (χ1) is 12.5. The van der Waals surface area contributed by atoms with E-state index in [-0.39, 0.29) is 5.91 Å². The summed E-state index contributed by atoms with van der Waals surface area (Å²) in [6.07, 6.45) is 0. The zero-order valence-electron chi connectivity index (χ0n) is 14.2. The van der Waals surface area contributed by atoms with Crippen molar-refractivity contribution in [3.63, 3.8) is 0 Å². The van der Waals surface area contributed by atoms with Crippen molar-refractivity contribution in [3.05, 3.63) is 63.1 Å². The number of para-hydroxylation sites is 1. The molecule has 138 valence electrons. The highest BCUT2D eigenvalue weighted by molar-refractivity contribution is 6.35. The van der Waals surface area contributed by atoms with Gasteiger partial charge in [-0.1, -0.05) is 53.0 Å². The summed E-state index contributed by atoms with van der Waals surface area (Å²) >= 11 is 18.3. The van der Waals surface area contributed by atoms with Crippen molar-refractivity contribution in [1.29, 1.82) is 0 Å². The van der Waals surface area contributed by atoms with E-state index in [2.05, 4.69) is 15.1 Å². The molecule has 1 saturated heterocycles. The van der Waals surface area contributed by atoms with E-state index < -0.39 is 0 Å². The molecule has 3 rings (SSSR count). The van der Waals surface area contributed by atoms with Crippen LogP contribution in [0.2, 0.25) is 15.1 Å². The predicted molar refractivity (Wildman–Crippen MR) is 108 cm³/mol. The zero-order valence-corrected chi connectivity index (χ0v) is 16.5. The SMILES string of the molecule is O=C(CN1CCN(Cc2ccc(Cl)cc2Cl)CC1)Nc1ccccc1Cl. The molecule has 1 amide bonds. The first kappa shape index (κ1) is 19.5. The van der Waals surface area contributed by atoms with Gasteiger partial charge in [-0.15, -0.1) is 0 Å². The van der Waals surface area contributed by atoms with Crippen molar-refractivity contribution >= 4 is 46.4 Å². The number of hydrogen-bond acceptors (Lipinski definition) is 3. The van der Waals surface area contributed by atoms with Gasteiger partial charge in [-0.3, -0.25) is 14.6 Å². The van der Waals surface area contributed by atoms with E-state index in [9.17, 15) is 4.79 Å². The fourth-order valence-electron chi connectivity index (χ4n) is 2.95. The van der Waals surface area contributed by atoms with Crippen molar-refractivity contribution < 1.29 is 4.79 Å². The molecule has 2 aromatic rings. The summed E-state index contributed by atoms with van der Waals surface area (Å²) in [4.78, 5) is 16.7. The lowest BCUT2D eigenvalue weighted by Gasteiger charge is -2.34. The van der Waals surface area contributed by atoms with E-state index >= 15 is 0 Å². The Morgan fingerprint density at radius 1 is 0.923 bits per heavy atom. The largest absolute Gasteiger partial charge is 0.324 e. The molecule has 0 bridgehead atoms. The van der Waals surface area contributed by atoms with E-state index in [1.54, 1.807) is 18.2 Å². The molecule has 4 nitrogen and oxygen atoms in total. The monoisotopic (exact) mass is 411 g/mol. The smallest absolute Gasteiger partial charge is 0.238 e. The maximum absolute atomic E-state index is 12.2. The molecule has 0 radical (unpaired) electrons. The van der Waals surface area contributed by atoms with Crippen LogP contribution in [-0.4, -0.2) is 48.4 Å². The molecule has 7 heteroatoms. The normalized spacial score (nSPS) is 15.8. The van der Waals surface area contributed by atoms with Crippen LogP contribution in [0.1, 0.15) is 5.56 Å². The zero-order chi connectivity index (χ0) is 18.5. The van der Waals surface area contributed by atoms with Gasteiger partial charge in [0.25, 0.3) is 0 Å². The van der Waals surface area contributed by atoms with Gasteiger partial charge in [-0.25, -0.2) is 0 Å². The van der Waals surface area contributed by atoms with Crippen LogP contribution in [0.5, 0.6) is 0 Å². The van der Waals surface area contributed by atoms with Crippen LogP contribution in [0, 0.1) is 0 Å². The van der Waals surface area contributed by atoms with E-state index in [1.807, 2.05) is 24.3 Å². The van der Waals surface area contributed by atoms with Crippen LogP contribution >= 0.6 is 34.8 Å². The fourth-order valence-corrected chi connectivity index (χ4v) is 3.60. The minimum absolute atomic E-state index is 0.0488. The predicted octanol–water partition coefficient (Wildman–Crippen LogP) is 4.40. The fraction of sp³-hybridized carbons (Fsp3) is 0.316. The van der Waals surface area contributed by atoms with Crippen LogP contribution in [0.3, 0.4) is 0 Å². The second-order valence-electron chi connectivity index (χ2n) is 6.32. The molecule has 0 saturated carbocycles. The molecule has 0 spiro atoms. The molecule has 1 aliphatic heterocycles. The summed E-state index contributed by atoms with van der Waals surface area (Å²) in [6, 6.07) is 12.8. The molecule has 1 N–H and O–H groups in total. The maximum Gasteiger partial charge on any atom is 0.238 e. The number of piperazine rings is 1. The average molecular weight is 413 g/mol. The summed E-state index contributed by atoms with van der Waals surface area (Å²) in [7, 11) is 0. The number of hydrogen-bond donors (Lipinski definition) is 1. The lowest BCUT2D eigenvalue weighted by atomic mass is 10.2. The number of carbonyl (C=O) groups is 1. The molecule has 1 fully saturated rings. The van der Waals surface area contributed by atoms with Gasteiger partial charge in [-0.2, -0.15) is 0 Å². The van der Waals surface area contributed by atoms with Gasteiger partial charge in [0, 0.05) is 42.8 Å². The van der Waals surface area contributed by atoms with Gasteiger partial charge in [0.2, 0.25) is 5.91 Å². The van der Waals surface area contributed by atoms with Gasteiger partial charge in [0.15, 0.2) is 0 Å². The lowest BCUT2D eigenvalue weighted by molar-refractivity contribution is -0.117. The number of nitrogens with one attached hydrogen (secondary N) is 1. The van der Waals surface area contributed by atoms with Crippen LogP contribution in [0.15, 0.2) is 42.5 Å². The Labute approximate surface area is 168 Å². The van der Waals surface area contributed by atoms with Gasteiger partial charge in [-0.05, 0) is 29.8 Å². The lowest BCUT2D eigenvalue weighted by Crippen LogP contribution is -2.48. The number of anilines is 1. The van der Waals surface area contributed by atoms with Crippen molar-refractivity contribution in [2.24, 2.45) is 0 Å². The first-order valence-electron chi connectivity index (χ1n) is 8.44. The van der Waals surface area contributed by atoms with Crippen LogP contribution < -0.4 is 5.32 Å². The third-order valence-electron chi connectivity index (χ3n) is 4.39. The third-order valence-corrected chi connectivity index (χ3v) is 5.31. The topological polar surface area (TPSA) is 35.6 Å². The van der Waals surface area contributed by atoms with Crippen LogP contribution in [-0.2, 0) is 11.3 Å². The van der Waals surface area contributed by atoms with Gasteiger partial charge in [0.1, 0.15) is 0 Å². The molecule has 26 heavy (non-hydrogen) atoms. The quantitative estimate of drug-likeness (QED) is 0.790. The summed E-state index contributed by atoms with van der Waals surface area (Å²) in [5, 5.41) is 4.75. The Morgan fingerprint density at radius 2 is 1.62 bits per heavy atom. The molecule has 0 aliphatic carbocycles. The van der Waals surface area contributed by atoms with E-state index in [0.29, 0.717) is 27.3 Å². The van der Waals surface area contributed by atoms with Crippen molar-refractivity contribution in [2.75, 3.05) is 38.0 Å². The van der Waals surface area contributed by atoms with Crippen molar-refractivity contribution in [3.8, 4) is 0 Å². The third kappa shape index (κ3) is 5.35. The van der Waals surface area contributed by atoms with Gasteiger partial charge >= 0.3 is 0 Å². The summed E-state index contributed by atoms with van der Waals surface area (Å²) in [5.41, 5.74) is 1.72. The Balaban J connectivity index is 1.46. The summed E-state index contributed by atoms with van der Waals surface area (Å²) in [6.45, 7) is 4.59. The molecule has 2 aromatic carbocycles. The second kappa shape index (κ2) is 9.07. The van der Waals surface area contributed by atoms with Crippen LogP contribution in [0.25, 0.3) is 0 Å². The molecule has 0 unspecified atom stereocenters. The molecular weight excluding hydrogens is 393 g/mol. The minimum Gasteiger partial charge on any atom is -0.324 e. The first-order valence-corrected chi connectivity index (χ1v) is 9.57. The highest BCUT2D eigenvalue weighted by Crippen LogP contribution is 2.23. The van der Waals surface area contributed by atoms with E-state index in [1.165, 1.54) is 0 Å². The number of halogens is 3. The van der Waals surface area contributed by atoms with E-state index in [0.717, 1.165) is 38.3 Å². The number of benzene rings is 2. The molecule has 0 aromatic heterocycles. The number of rotatable bonds is 5. The molecule has 1 heterocycles. The number of nitrogens with zero attached hydrogens (tertiary/aromatic N) is 2. The standard InChI is InChI=1S/C19H20Cl3N3O/c20-15-6-5-14(17(22)11-15)12-24-7-9-25(10-8-24)13-19(26)23-18-4-2-1-3-16(18)21/h1-6,11H,7-10,12-13H2,(H,23,26). The minimum atomic E-state index is -0.0488. The maximum atomic E-state index is 12.2. The Hall–Kier alpha value is -1.30. The van der Waals surface area contributed by atoms with Gasteiger partial charge in [0.05, 0.1) is 17.3 Å². The van der Waals surface area contributed by atoms with Crippen LogP contribution in [0.4, 0.5) is 5.69 Å². The Morgan fingerprint density at radius 3 is 2.31 bits per heavy atom. The highest BCUT2D eigenvalue weighted by atomic mass is 35.5. The van der Waals surface area contributed by atoms with E-state index in [4.69, 9.17) is 34.8 Å². The number of carbonyl (C=O) groups excluding carboxylic acids is 1. The molecule has 1 aliphatic rings. The Kier molecular flexibility index (Phi) is 6.79. The summed E-state index contributed by atoms with van der Waals surface area (Å²) < 4.78 is 0. The van der Waals surface area contributed by atoms with Gasteiger partial charge < -0.3 is 5.32 Å².